The number of ether oxygens (including phenoxy) is 2. The monoisotopic (exact) mass is 333 g/mol. The highest BCUT2D eigenvalue weighted by Gasteiger charge is 2.27. The van der Waals surface area contributed by atoms with Crippen LogP contribution in [0.2, 0.25) is 5.02 Å². The molecule has 0 saturated heterocycles. The van der Waals surface area contributed by atoms with E-state index >= 15 is 0 Å². The SMILES string of the molecule is COC(=O)C1=C(C(=O)OC)N(c2ccc(C)c(Cl)c2)C=CC=C1. The Morgan fingerprint density at radius 2 is 1.78 bits per heavy atom. The number of methoxy groups -OCH3 is 2. The Balaban J connectivity index is 2.65. The minimum absolute atomic E-state index is 0.0595. The average Bonchev–Trinajstić information content (AvgIpc) is 2.78. The molecule has 23 heavy (non-hydrogen) atoms. The number of benzene rings is 1. The highest BCUT2D eigenvalue weighted by molar-refractivity contribution is 6.31. The van der Waals surface area contributed by atoms with Gasteiger partial charge in [0.15, 0.2) is 0 Å². The van der Waals surface area contributed by atoms with Crippen molar-refractivity contribution >= 4 is 29.2 Å². The normalized spacial score (nSPS) is 13.8. The second-order valence-corrected chi connectivity index (χ2v) is 5.16. The molecule has 0 N–H and O–H groups in total. The molecule has 1 aliphatic rings. The van der Waals surface area contributed by atoms with Crippen LogP contribution in [0.25, 0.3) is 0 Å². The molecule has 1 aromatic carbocycles. The predicted octanol–water partition coefficient (Wildman–Crippen LogP) is 3.14. The summed E-state index contributed by atoms with van der Waals surface area (Å²) in [7, 11) is 2.51. The number of carbonyl (C=O) groups excluding carboxylic acids is 2. The van der Waals surface area contributed by atoms with Crippen molar-refractivity contribution in [3.63, 3.8) is 0 Å². The van der Waals surface area contributed by atoms with Gasteiger partial charge in [0.05, 0.1) is 19.8 Å². The number of halogens is 1. The molecule has 5 nitrogen and oxygen atoms in total. The van der Waals surface area contributed by atoms with E-state index in [-0.39, 0.29) is 11.3 Å². The number of esters is 2. The maximum Gasteiger partial charge on any atom is 0.355 e. The van der Waals surface area contributed by atoms with Gasteiger partial charge >= 0.3 is 11.9 Å². The number of nitrogens with zero attached hydrogens (tertiary/aromatic N) is 1. The topological polar surface area (TPSA) is 55.8 Å². The molecule has 0 aliphatic carbocycles. The molecular weight excluding hydrogens is 318 g/mol. The molecule has 1 aromatic rings. The van der Waals surface area contributed by atoms with Crippen LogP contribution in [0.5, 0.6) is 0 Å². The van der Waals surface area contributed by atoms with Crippen LogP contribution < -0.4 is 4.90 Å². The maximum absolute atomic E-state index is 12.3. The third-order valence-corrected chi connectivity index (χ3v) is 3.73. The van der Waals surface area contributed by atoms with Crippen molar-refractivity contribution in [1.82, 2.24) is 0 Å². The number of carbonyl (C=O) groups is 2. The molecule has 6 heteroatoms. The van der Waals surface area contributed by atoms with Crippen LogP contribution in [-0.2, 0) is 19.1 Å². The van der Waals surface area contributed by atoms with Gasteiger partial charge in [0.2, 0.25) is 0 Å². The lowest BCUT2D eigenvalue weighted by molar-refractivity contribution is -0.139. The zero-order chi connectivity index (χ0) is 17.0. The molecule has 0 radical (unpaired) electrons. The van der Waals surface area contributed by atoms with E-state index in [2.05, 4.69) is 0 Å². The van der Waals surface area contributed by atoms with Crippen molar-refractivity contribution in [2.45, 2.75) is 6.92 Å². The third-order valence-electron chi connectivity index (χ3n) is 3.32. The van der Waals surface area contributed by atoms with Crippen molar-refractivity contribution in [3.05, 3.63) is 64.5 Å². The molecule has 0 spiro atoms. The molecule has 2 rings (SSSR count). The van der Waals surface area contributed by atoms with Gasteiger partial charge in [-0.1, -0.05) is 23.7 Å². The van der Waals surface area contributed by atoms with Crippen LogP contribution in [0.1, 0.15) is 5.56 Å². The molecule has 0 amide bonds. The van der Waals surface area contributed by atoms with Gasteiger partial charge in [-0.25, -0.2) is 9.59 Å². The van der Waals surface area contributed by atoms with E-state index in [4.69, 9.17) is 21.1 Å². The summed E-state index contributed by atoms with van der Waals surface area (Å²) >= 11 is 6.17. The molecule has 0 unspecified atom stereocenters. The van der Waals surface area contributed by atoms with Gasteiger partial charge in [0.1, 0.15) is 5.70 Å². The first kappa shape index (κ1) is 16.8. The van der Waals surface area contributed by atoms with Crippen LogP contribution in [0.3, 0.4) is 0 Å². The number of hydrogen-bond donors (Lipinski definition) is 0. The fraction of sp³-hybridized carbons (Fsp3) is 0.176. The van der Waals surface area contributed by atoms with E-state index in [0.717, 1.165) is 5.56 Å². The molecule has 1 heterocycles. The number of anilines is 1. The van der Waals surface area contributed by atoms with Gasteiger partial charge in [-0.2, -0.15) is 0 Å². The Kier molecular flexibility index (Phi) is 5.24. The smallest absolute Gasteiger partial charge is 0.355 e. The van der Waals surface area contributed by atoms with Crippen molar-refractivity contribution < 1.29 is 19.1 Å². The van der Waals surface area contributed by atoms with Gasteiger partial charge in [0, 0.05) is 16.9 Å². The van der Waals surface area contributed by atoms with Crippen LogP contribution in [0.4, 0.5) is 5.69 Å². The Hall–Kier alpha value is -2.53. The summed E-state index contributed by atoms with van der Waals surface area (Å²) in [6.07, 6.45) is 6.50. The highest BCUT2D eigenvalue weighted by atomic mass is 35.5. The Morgan fingerprint density at radius 3 is 2.39 bits per heavy atom. The lowest BCUT2D eigenvalue weighted by Gasteiger charge is -2.23. The fourth-order valence-corrected chi connectivity index (χ4v) is 2.27. The fourth-order valence-electron chi connectivity index (χ4n) is 2.10. The Labute approximate surface area is 139 Å². The van der Waals surface area contributed by atoms with Gasteiger partial charge in [-0.15, -0.1) is 0 Å². The molecule has 0 atom stereocenters. The average molecular weight is 334 g/mol. The summed E-state index contributed by atoms with van der Waals surface area (Å²) in [6, 6.07) is 5.34. The summed E-state index contributed by atoms with van der Waals surface area (Å²) in [5.41, 5.74) is 1.69. The second kappa shape index (κ2) is 7.15. The molecule has 1 aliphatic heterocycles. The summed E-state index contributed by atoms with van der Waals surface area (Å²) in [5, 5.41) is 0.553. The van der Waals surface area contributed by atoms with Crippen LogP contribution in [0, 0.1) is 6.92 Å². The standard InChI is InChI=1S/C17H16ClNO4/c1-11-7-8-12(10-14(11)18)19-9-5-4-6-13(16(20)22-2)15(19)17(21)23-3/h4-10H,1-3H3. The quantitative estimate of drug-likeness (QED) is 0.795. The van der Waals surface area contributed by atoms with Crippen molar-refractivity contribution in [2.24, 2.45) is 0 Å². The Bertz CT molecular complexity index is 734. The first-order valence-electron chi connectivity index (χ1n) is 6.80. The largest absolute Gasteiger partial charge is 0.465 e. The lowest BCUT2D eigenvalue weighted by atomic mass is 10.1. The van der Waals surface area contributed by atoms with Gasteiger partial charge in [-0.3, -0.25) is 0 Å². The first-order chi connectivity index (χ1) is 11.0. The third kappa shape index (κ3) is 3.46. The van der Waals surface area contributed by atoms with Crippen LogP contribution >= 0.6 is 11.6 Å². The van der Waals surface area contributed by atoms with E-state index < -0.39 is 11.9 Å². The minimum Gasteiger partial charge on any atom is -0.465 e. The van der Waals surface area contributed by atoms with Crippen molar-refractivity contribution in [1.29, 1.82) is 0 Å². The van der Waals surface area contributed by atoms with E-state index in [1.54, 1.807) is 35.4 Å². The highest BCUT2D eigenvalue weighted by Crippen LogP contribution is 2.29. The van der Waals surface area contributed by atoms with Crippen molar-refractivity contribution in [3.8, 4) is 0 Å². The number of hydrogen-bond acceptors (Lipinski definition) is 5. The maximum atomic E-state index is 12.3. The van der Waals surface area contributed by atoms with Crippen LogP contribution in [0.15, 0.2) is 53.9 Å². The summed E-state index contributed by atoms with van der Waals surface area (Å²) in [5.74, 6) is -1.29. The van der Waals surface area contributed by atoms with E-state index in [1.807, 2.05) is 13.0 Å². The van der Waals surface area contributed by atoms with E-state index in [0.29, 0.717) is 10.7 Å². The summed E-state index contributed by atoms with van der Waals surface area (Å²) in [4.78, 5) is 25.8. The molecule has 0 fully saturated rings. The number of rotatable bonds is 3. The lowest BCUT2D eigenvalue weighted by Crippen LogP contribution is -2.26. The molecule has 0 bridgehead atoms. The second-order valence-electron chi connectivity index (χ2n) is 4.75. The molecule has 0 aromatic heterocycles. The molecular formula is C17H16ClNO4. The zero-order valence-electron chi connectivity index (χ0n) is 13.0. The summed E-state index contributed by atoms with van der Waals surface area (Å²) in [6.45, 7) is 1.88. The van der Waals surface area contributed by atoms with Gasteiger partial charge in [-0.05, 0) is 36.8 Å². The predicted molar refractivity (Wildman–Crippen MR) is 88.0 cm³/mol. The Morgan fingerprint density at radius 1 is 1.09 bits per heavy atom. The number of allylic oxidation sites excluding steroid dienone is 2. The summed E-state index contributed by atoms with van der Waals surface area (Å²) < 4.78 is 9.59. The van der Waals surface area contributed by atoms with Gasteiger partial charge in [0.25, 0.3) is 0 Å². The molecule has 120 valence electrons. The zero-order valence-corrected chi connectivity index (χ0v) is 13.8. The van der Waals surface area contributed by atoms with E-state index in [9.17, 15) is 9.59 Å². The van der Waals surface area contributed by atoms with E-state index in [1.165, 1.54) is 20.3 Å². The van der Waals surface area contributed by atoms with Crippen molar-refractivity contribution in [2.75, 3.05) is 19.1 Å². The first-order valence-corrected chi connectivity index (χ1v) is 7.18. The molecule has 0 saturated carbocycles. The number of aryl methyl sites for hydroxylation is 1. The van der Waals surface area contributed by atoms with Crippen LogP contribution in [-0.4, -0.2) is 26.2 Å². The minimum atomic E-state index is -0.654. The van der Waals surface area contributed by atoms with Gasteiger partial charge < -0.3 is 14.4 Å².